The highest BCUT2D eigenvalue weighted by molar-refractivity contribution is 5.86. The van der Waals surface area contributed by atoms with Crippen LogP contribution in [0.5, 0.6) is 0 Å². The third-order valence-electron chi connectivity index (χ3n) is 2.34. The zero-order valence-electron chi connectivity index (χ0n) is 7.53. The fraction of sp³-hybridized carbons (Fsp3) is 0.625. The van der Waals surface area contributed by atoms with E-state index in [1.165, 1.54) is 6.33 Å². The Kier molecular flexibility index (Phi) is 2.10. The van der Waals surface area contributed by atoms with Gasteiger partial charge in [0.15, 0.2) is 0 Å². The molecule has 0 saturated carbocycles. The average Bonchev–Trinajstić information content (AvgIpc) is 2.52. The van der Waals surface area contributed by atoms with Crippen LogP contribution in [0.15, 0.2) is 6.33 Å². The molecule has 0 aromatic carbocycles. The molecule has 1 aliphatic heterocycles. The van der Waals surface area contributed by atoms with Gasteiger partial charge in [-0.1, -0.05) is 0 Å². The Bertz CT molecular complexity index is 320. The number of ketones is 1. The summed E-state index contributed by atoms with van der Waals surface area (Å²) < 4.78 is 1.66. The van der Waals surface area contributed by atoms with Crippen LogP contribution in [0.2, 0.25) is 0 Å². The van der Waals surface area contributed by atoms with Crippen LogP contribution in [0.3, 0.4) is 0 Å². The fourth-order valence-electron chi connectivity index (χ4n) is 1.60. The molecule has 1 aliphatic rings. The van der Waals surface area contributed by atoms with Crippen molar-refractivity contribution in [3.05, 3.63) is 12.2 Å². The van der Waals surface area contributed by atoms with Gasteiger partial charge in [0.05, 0.1) is 5.92 Å². The first kappa shape index (κ1) is 8.37. The summed E-state index contributed by atoms with van der Waals surface area (Å²) in [5, 5.41) is 7.13. The second-order valence-electron chi connectivity index (χ2n) is 3.21. The Labute approximate surface area is 76.2 Å². The van der Waals surface area contributed by atoms with Crippen molar-refractivity contribution in [2.24, 2.45) is 7.05 Å². The molecular formula is C8H12N4O. The lowest BCUT2D eigenvalue weighted by Gasteiger charge is -2.20. The lowest BCUT2D eigenvalue weighted by atomic mass is 9.97. The molecule has 0 aliphatic carbocycles. The predicted octanol–water partition coefficient (Wildman–Crippen LogP) is -0.539. The summed E-state index contributed by atoms with van der Waals surface area (Å²) in [5.74, 6) is 0.910. The molecule has 1 saturated heterocycles. The summed E-state index contributed by atoms with van der Waals surface area (Å²) in [6.07, 6.45) is 2.08. The van der Waals surface area contributed by atoms with E-state index in [2.05, 4.69) is 15.4 Å². The summed E-state index contributed by atoms with van der Waals surface area (Å²) >= 11 is 0. The van der Waals surface area contributed by atoms with Crippen LogP contribution in [0.4, 0.5) is 0 Å². The van der Waals surface area contributed by atoms with E-state index in [4.69, 9.17) is 0 Å². The lowest BCUT2D eigenvalue weighted by molar-refractivity contribution is -0.121. The molecule has 1 unspecified atom stereocenters. The second-order valence-corrected chi connectivity index (χ2v) is 3.21. The van der Waals surface area contributed by atoms with Crippen molar-refractivity contribution >= 4 is 5.78 Å². The smallest absolute Gasteiger partial charge is 0.146 e. The number of piperidine rings is 1. The van der Waals surface area contributed by atoms with Gasteiger partial charge in [-0.2, -0.15) is 5.10 Å². The van der Waals surface area contributed by atoms with Crippen molar-refractivity contribution in [2.75, 3.05) is 13.1 Å². The normalized spacial score (nSPS) is 23.5. The number of rotatable bonds is 1. The Morgan fingerprint density at radius 2 is 2.54 bits per heavy atom. The first-order valence-electron chi connectivity index (χ1n) is 4.36. The molecule has 2 rings (SSSR count). The van der Waals surface area contributed by atoms with Crippen LogP contribution in [-0.2, 0) is 11.8 Å². The third-order valence-corrected chi connectivity index (χ3v) is 2.34. The molecule has 0 amide bonds. The van der Waals surface area contributed by atoms with Gasteiger partial charge in [0.2, 0.25) is 0 Å². The quantitative estimate of drug-likeness (QED) is 0.630. The van der Waals surface area contributed by atoms with E-state index in [1.807, 2.05) is 7.05 Å². The average molecular weight is 180 g/mol. The van der Waals surface area contributed by atoms with E-state index in [-0.39, 0.29) is 11.7 Å². The van der Waals surface area contributed by atoms with E-state index < -0.39 is 0 Å². The summed E-state index contributed by atoms with van der Waals surface area (Å²) in [6, 6.07) is 0. The molecule has 1 aromatic rings. The van der Waals surface area contributed by atoms with E-state index in [0.29, 0.717) is 13.0 Å². The number of nitrogens with one attached hydrogen (secondary N) is 1. The number of carbonyl (C=O) groups is 1. The SMILES string of the molecule is Cn1ncnc1C1CNCCC1=O. The zero-order valence-corrected chi connectivity index (χ0v) is 7.53. The minimum Gasteiger partial charge on any atom is -0.315 e. The van der Waals surface area contributed by atoms with Gasteiger partial charge in [0.1, 0.15) is 17.9 Å². The molecule has 1 N–H and O–H groups in total. The molecule has 70 valence electrons. The molecule has 1 fully saturated rings. The molecule has 0 radical (unpaired) electrons. The molecular weight excluding hydrogens is 168 g/mol. The molecule has 0 bridgehead atoms. The number of nitrogens with zero attached hydrogens (tertiary/aromatic N) is 3. The van der Waals surface area contributed by atoms with Gasteiger partial charge >= 0.3 is 0 Å². The molecule has 1 aromatic heterocycles. The number of aryl methyl sites for hydroxylation is 1. The van der Waals surface area contributed by atoms with Crippen LogP contribution in [0.25, 0.3) is 0 Å². The topological polar surface area (TPSA) is 59.8 Å². The third kappa shape index (κ3) is 1.47. The number of hydrogen-bond donors (Lipinski definition) is 1. The molecule has 0 spiro atoms. The molecule has 5 heteroatoms. The minimum absolute atomic E-state index is 0.110. The maximum Gasteiger partial charge on any atom is 0.146 e. The van der Waals surface area contributed by atoms with E-state index >= 15 is 0 Å². The summed E-state index contributed by atoms with van der Waals surface area (Å²) in [4.78, 5) is 15.6. The van der Waals surface area contributed by atoms with E-state index in [1.54, 1.807) is 4.68 Å². The summed E-state index contributed by atoms with van der Waals surface area (Å²) in [7, 11) is 1.81. The van der Waals surface area contributed by atoms with Crippen molar-refractivity contribution in [2.45, 2.75) is 12.3 Å². The van der Waals surface area contributed by atoms with Crippen LogP contribution < -0.4 is 5.32 Å². The largest absolute Gasteiger partial charge is 0.315 e. The van der Waals surface area contributed by atoms with Crippen molar-refractivity contribution in [3.8, 4) is 0 Å². The molecule has 2 heterocycles. The second kappa shape index (κ2) is 3.26. The van der Waals surface area contributed by atoms with Gasteiger partial charge in [-0.25, -0.2) is 4.98 Å². The molecule has 5 nitrogen and oxygen atoms in total. The Morgan fingerprint density at radius 3 is 3.15 bits per heavy atom. The van der Waals surface area contributed by atoms with Gasteiger partial charge in [0.25, 0.3) is 0 Å². The van der Waals surface area contributed by atoms with Crippen molar-refractivity contribution in [1.82, 2.24) is 20.1 Å². The molecule has 1 atom stereocenters. The summed E-state index contributed by atoms with van der Waals surface area (Å²) in [6.45, 7) is 1.47. The maximum absolute atomic E-state index is 11.5. The van der Waals surface area contributed by atoms with Crippen LogP contribution in [-0.4, -0.2) is 33.6 Å². The Balaban J connectivity index is 2.24. The standard InChI is InChI=1S/C8H12N4O/c1-12-8(10-5-11-12)6-4-9-3-2-7(6)13/h5-6,9H,2-4H2,1H3. The lowest BCUT2D eigenvalue weighted by Crippen LogP contribution is -2.36. The monoisotopic (exact) mass is 180 g/mol. The van der Waals surface area contributed by atoms with Gasteiger partial charge in [-0.15, -0.1) is 0 Å². The number of carbonyl (C=O) groups excluding carboxylic acids is 1. The highest BCUT2D eigenvalue weighted by Crippen LogP contribution is 2.16. The van der Waals surface area contributed by atoms with Gasteiger partial charge in [-0.3, -0.25) is 9.48 Å². The van der Waals surface area contributed by atoms with E-state index in [0.717, 1.165) is 12.4 Å². The minimum atomic E-state index is -0.110. The maximum atomic E-state index is 11.5. The zero-order chi connectivity index (χ0) is 9.26. The van der Waals surface area contributed by atoms with Gasteiger partial charge in [-0.05, 0) is 0 Å². The van der Waals surface area contributed by atoms with E-state index in [9.17, 15) is 4.79 Å². The van der Waals surface area contributed by atoms with Gasteiger partial charge in [0, 0.05) is 26.6 Å². The number of Topliss-reactive ketones (excluding diaryl/α,β-unsaturated/α-hetero) is 1. The molecule has 13 heavy (non-hydrogen) atoms. The Hall–Kier alpha value is -1.23. The number of aromatic nitrogens is 3. The predicted molar refractivity (Wildman–Crippen MR) is 46.2 cm³/mol. The summed E-state index contributed by atoms with van der Waals surface area (Å²) in [5.41, 5.74) is 0. The number of hydrogen-bond acceptors (Lipinski definition) is 4. The van der Waals surface area contributed by atoms with Crippen molar-refractivity contribution in [3.63, 3.8) is 0 Å². The highest BCUT2D eigenvalue weighted by atomic mass is 16.1. The first-order valence-corrected chi connectivity index (χ1v) is 4.36. The Morgan fingerprint density at radius 1 is 1.69 bits per heavy atom. The highest BCUT2D eigenvalue weighted by Gasteiger charge is 2.26. The van der Waals surface area contributed by atoms with Crippen molar-refractivity contribution in [1.29, 1.82) is 0 Å². The van der Waals surface area contributed by atoms with Crippen LogP contribution in [0, 0.1) is 0 Å². The fourth-order valence-corrected chi connectivity index (χ4v) is 1.60. The van der Waals surface area contributed by atoms with Crippen LogP contribution in [0.1, 0.15) is 18.2 Å². The first-order chi connectivity index (χ1) is 6.29. The van der Waals surface area contributed by atoms with Crippen LogP contribution >= 0.6 is 0 Å². The van der Waals surface area contributed by atoms with Crippen molar-refractivity contribution < 1.29 is 4.79 Å². The van der Waals surface area contributed by atoms with Gasteiger partial charge < -0.3 is 5.32 Å².